The molecule has 0 heterocycles. The average Bonchev–Trinajstić information content (AvgIpc) is 2.11. The minimum Gasteiger partial charge on any atom is -0.506 e. The van der Waals surface area contributed by atoms with Crippen molar-refractivity contribution >= 4 is 0 Å². The van der Waals surface area contributed by atoms with Crippen LogP contribution in [0.5, 0.6) is 5.75 Å². The highest BCUT2D eigenvalue weighted by atomic mass is 19.1. The number of aromatic hydroxyl groups is 1. The van der Waals surface area contributed by atoms with Crippen molar-refractivity contribution in [1.29, 1.82) is 10.5 Å². The van der Waals surface area contributed by atoms with Gasteiger partial charge in [-0.15, -0.1) is 0 Å². The molecule has 64 valence electrons. The van der Waals surface area contributed by atoms with Crippen molar-refractivity contribution in [2.45, 2.75) is 6.42 Å². The molecule has 0 unspecified atom stereocenters. The van der Waals surface area contributed by atoms with Crippen molar-refractivity contribution in [3.05, 3.63) is 29.1 Å². The van der Waals surface area contributed by atoms with E-state index in [-0.39, 0.29) is 12.0 Å². The van der Waals surface area contributed by atoms with Gasteiger partial charge in [-0.2, -0.15) is 10.5 Å². The van der Waals surface area contributed by atoms with Crippen LogP contribution in [0, 0.1) is 28.5 Å². The molecule has 4 heteroatoms. The normalized spacial score (nSPS) is 8.85. The van der Waals surface area contributed by atoms with Crippen molar-refractivity contribution in [3.63, 3.8) is 0 Å². The van der Waals surface area contributed by atoms with Crippen LogP contribution in [0.3, 0.4) is 0 Å². The molecule has 0 radical (unpaired) electrons. The molecule has 0 atom stereocenters. The summed E-state index contributed by atoms with van der Waals surface area (Å²) >= 11 is 0. The number of phenolic OH excluding ortho intramolecular Hbond substituents is 1. The molecule has 0 spiro atoms. The van der Waals surface area contributed by atoms with Crippen molar-refractivity contribution in [2.24, 2.45) is 0 Å². The van der Waals surface area contributed by atoms with Gasteiger partial charge in [-0.25, -0.2) is 4.39 Å². The van der Waals surface area contributed by atoms with E-state index in [4.69, 9.17) is 15.6 Å². The van der Waals surface area contributed by atoms with Gasteiger partial charge < -0.3 is 5.11 Å². The van der Waals surface area contributed by atoms with Crippen LogP contribution in [0.1, 0.15) is 11.1 Å². The standard InChI is InChI=1S/C9H5FN2O/c10-9-6(3-4-11)1-2-8(13)7(9)5-12/h1-2,13H,3H2. The minimum atomic E-state index is -0.816. The van der Waals surface area contributed by atoms with Gasteiger partial charge in [0.25, 0.3) is 0 Å². The van der Waals surface area contributed by atoms with E-state index in [1.807, 2.05) is 0 Å². The Morgan fingerprint density at radius 1 is 1.38 bits per heavy atom. The summed E-state index contributed by atoms with van der Waals surface area (Å²) in [4.78, 5) is 0. The Morgan fingerprint density at radius 3 is 2.62 bits per heavy atom. The Hall–Kier alpha value is -2.07. The molecule has 0 aliphatic carbocycles. The zero-order valence-corrected chi connectivity index (χ0v) is 6.58. The fraction of sp³-hybridized carbons (Fsp3) is 0.111. The Labute approximate surface area is 74.3 Å². The summed E-state index contributed by atoms with van der Waals surface area (Å²) in [6, 6.07) is 5.78. The van der Waals surface area contributed by atoms with Crippen LogP contribution in [0.2, 0.25) is 0 Å². The van der Waals surface area contributed by atoms with E-state index < -0.39 is 17.1 Å². The first kappa shape index (κ1) is 9.02. The molecule has 0 fully saturated rings. The van der Waals surface area contributed by atoms with Crippen LogP contribution in [-0.2, 0) is 6.42 Å². The van der Waals surface area contributed by atoms with Gasteiger partial charge in [0.2, 0.25) is 0 Å². The molecule has 13 heavy (non-hydrogen) atoms. The monoisotopic (exact) mass is 176 g/mol. The third-order valence-corrected chi connectivity index (χ3v) is 1.58. The van der Waals surface area contributed by atoms with E-state index in [1.165, 1.54) is 18.2 Å². The van der Waals surface area contributed by atoms with Gasteiger partial charge >= 0.3 is 0 Å². The summed E-state index contributed by atoms with van der Waals surface area (Å²) in [7, 11) is 0. The molecule has 1 rings (SSSR count). The first-order valence-electron chi connectivity index (χ1n) is 3.48. The van der Waals surface area contributed by atoms with Crippen molar-refractivity contribution in [2.75, 3.05) is 0 Å². The summed E-state index contributed by atoms with van der Waals surface area (Å²) in [5.74, 6) is -1.22. The number of nitriles is 2. The van der Waals surface area contributed by atoms with Crippen LogP contribution < -0.4 is 0 Å². The highest BCUT2D eigenvalue weighted by molar-refractivity contribution is 5.46. The Balaban J connectivity index is 3.31. The molecule has 0 aliphatic rings. The van der Waals surface area contributed by atoms with Gasteiger partial charge in [-0.3, -0.25) is 0 Å². The minimum absolute atomic E-state index is 0.110. The summed E-state index contributed by atoms with van der Waals surface area (Å²) in [5.41, 5.74) is -0.287. The number of halogens is 1. The maximum absolute atomic E-state index is 13.2. The van der Waals surface area contributed by atoms with E-state index in [1.54, 1.807) is 6.07 Å². The van der Waals surface area contributed by atoms with Gasteiger partial charge in [0.1, 0.15) is 23.2 Å². The average molecular weight is 176 g/mol. The summed E-state index contributed by atoms with van der Waals surface area (Å²) in [5, 5.41) is 25.8. The maximum atomic E-state index is 13.2. The van der Waals surface area contributed by atoms with Gasteiger partial charge in [0, 0.05) is 5.56 Å². The molecule has 0 aromatic heterocycles. The first-order valence-corrected chi connectivity index (χ1v) is 3.48. The quantitative estimate of drug-likeness (QED) is 0.704. The Morgan fingerprint density at radius 2 is 2.08 bits per heavy atom. The lowest BCUT2D eigenvalue weighted by Gasteiger charge is -2.01. The van der Waals surface area contributed by atoms with Crippen LogP contribution >= 0.6 is 0 Å². The number of rotatable bonds is 1. The molecule has 0 amide bonds. The smallest absolute Gasteiger partial charge is 0.148 e. The zero-order valence-electron chi connectivity index (χ0n) is 6.58. The summed E-state index contributed by atoms with van der Waals surface area (Å²) in [6.07, 6.45) is -0.110. The first-order chi connectivity index (χ1) is 6.20. The Bertz CT molecular complexity index is 415. The largest absolute Gasteiger partial charge is 0.506 e. The van der Waals surface area contributed by atoms with Crippen LogP contribution in [0.4, 0.5) is 4.39 Å². The van der Waals surface area contributed by atoms with E-state index in [2.05, 4.69) is 0 Å². The van der Waals surface area contributed by atoms with Crippen molar-refractivity contribution in [1.82, 2.24) is 0 Å². The van der Waals surface area contributed by atoms with Crippen molar-refractivity contribution in [3.8, 4) is 17.9 Å². The molecule has 0 saturated heterocycles. The van der Waals surface area contributed by atoms with Crippen LogP contribution in [0.25, 0.3) is 0 Å². The number of benzene rings is 1. The summed E-state index contributed by atoms with van der Waals surface area (Å²) in [6.45, 7) is 0. The predicted octanol–water partition coefficient (Wildman–Crippen LogP) is 1.47. The second-order valence-corrected chi connectivity index (χ2v) is 2.38. The number of hydrogen-bond donors (Lipinski definition) is 1. The van der Waals surface area contributed by atoms with E-state index in [9.17, 15) is 4.39 Å². The van der Waals surface area contributed by atoms with E-state index >= 15 is 0 Å². The molecule has 0 saturated carbocycles. The van der Waals surface area contributed by atoms with E-state index in [0.29, 0.717) is 0 Å². The summed E-state index contributed by atoms with van der Waals surface area (Å²) < 4.78 is 13.2. The number of hydrogen-bond acceptors (Lipinski definition) is 3. The third kappa shape index (κ3) is 1.57. The third-order valence-electron chi connectivity index (χ3n) is 1.58. The lowest BCUT2D eigenvalue weighted by atomic mass is 10.1. The highest BCUT2D eigenvalue weighted by Gasteiger charge is 2.11. The number of phenols is 1. The SMILES string of the molecule is N#CCc1ccc(O)c(C#N)c1F. The lowest BCUT2D eigenvalue weighted by molar-refractivity contribution is 0.465. The second kappa shape index (κ2) is 3.55. The highest BCUT2D eigenvalue weighted by Crippen LogP contribution is 2.22. The van der Waals surface area contributed by atoms with Crippen LogP contribution in [-0.4, -0.2) is 5.11 Å². The van der Waals surface area contributed by atoms with Gasteiger partial charge in [0.05, 0.1) is 12.5 Å². The van der Waals surface area contributed by atoms with Gasteiger partial charge in [-0.05, 0) is 6.07 Å². The van der Waals surface area contributed by atoms with Gasteiger partial charge in [0.15, 0.2) is 0 Å². The van der Waals surface area contributed by atoms with E-state index in [0.717, 1.165) is 0 Å². The fourth-order valence-electron chi connectivity index (χ4n) is 0.937. The molecule has 1 N–H and O–H groups in total. The molecule has 0 aliphatic heterocycles. The zero-order chi connectivity index (χ0) is 9.84. The van der Waals surface area contributed by atoms with Gasteiger partial charge in [-0.1, -0.05) is 6.07 Å². The van der Waals surface area contributed by atoms with Crippen molar-refractivity contribution < 1.29 is 9.50 Å². The molecular formula is C9H5FN2O. The maximum Gasteiger partial charge on any atom is 0.148 e. The lowest BCUT2D eigenvalue weighted by Crippen LogP contribution is -1.93. The van der Waals surface area contributed by atoms with Crippen LogP contribution in [0.15, 0.2) is 12.1 Å². The molecule has 0 bridgehead atoms. The Kier molecular flexibility index (Phi) is 2.47. The topological polar surface area (TPSA) is 67.8 Å². The fourth-order valence-corrected chi connectivity index (χ4v) is 0.937. The molecule has 1 aromatic carbocycles. The predicted molar refractivity (Wildman–Crippen MR) is 42.1 cm³/mol. The second-order valence-electron chi connectivity index (χ2n) is 2.38. The molecular weight excluding hydrogens is 171 g/mol. The molecule has 3 nitrogen and oxygen atoms in total. The number of nitrogens with zero attached hydrogens (tertiary/aromatic N) is 2. The molecule has 1 aromatic rings.